The van der Waals surface area contributed by atoms with Crippen LogP contribution >= 0.6 is 0 Å². The summed E-state index contributed by atoms with van der Waals surface area (Å²) in [5.74, 6) is -0.153. The topological polar surface area (TPSA) is 74.9 Å². The summed E-state index contributed by atoms with van der Waals surface area (Å²) in [4.78, 5) is 39.4. The molecule has 0 spiro atoms. The van der Waals surface area contributed by atoms with Gasteiger partial charge in [-0.15, -0.1) is 0 Å². The Morgan fingerprint density at radius 3 is 2.28 bits per heavy atom. The number of amides is 1. The maximum absolute atomic E-state index is 13.9. The van der Waals surface area contributed by atoms with Gasteiger partial charge in [-0.3, -0.25) is 14.5 Å². The molecule has 2 heterocycles. The van der Waals surface area contributed by atoms with Gasteiger partial charge in [0.25, 0.3) is 11.5 Å². The third kappa shape index (κ3) is 8.53. The Kier molecular flexibility index (Phi) is 11.6. The Morgan fingerprint density at radius 1 is 0.915 bits per heavy atom. The van der Waals surface area contributed by atoms with Gasteiger partial charge in [0.05, 0.1) is 0 Å². The number of carbonyl (C=O) groups excluding carboxylic acids is 1. The van der Waals surface area contributed by atoms with Gasteiger partial charge in [0, 0.05) is 67.3 Å². The molecule has 2 fully saturated rings. The second-order valence-corrected chi connectivity index (χ2v) is 14.1. The Balaban J connectivity index is 1.45. The molecule has 5 rings (SSSR count). The number of carbonyl (C=O) groups is 1. The average molecular weight is 641 g/mol. The maximum Gasteiger partial charge on any atom is 0.253 e. The van der Waals surface area contributed by atoms with Gasteiger partial charge in [-0.2, -0.15) is 0 Å². The first-order chi connectivity index (χ1) is 22.5. The molecule has 8 heteroatoms. The molecule has 8 nitrogen and oxygen atoms in total. The molecule has 254 valence electrons. The van der Waals surface area contributed by atoms with Crippen LogP contribution < -0.4 is 15.8 Å². The van der Waals surface area contributed by atoms with E-state index in [4.69, 9.17) is 0 Å². The van der Waals surface area contributed by atoms with Crippen LogP contribution in [0, 0.1) is 20.8 Å². The summed E-state index contributed by atoms with van der Waals surface area (Å²) in [6.45, 7) is 14.6. The van der Waals surface area contributed by atoms with Crippen molar-refractivity contribution < 1.29 is 4.79 Å². The van der Waals surface area contributed by atoms with Crippen LogP contribution in [0.15, 0.2) is 47.3 Å². The van der Waals surface area contributed by atoms with Crippen molar-refractivity contribution in [1.29, 1.82) is 0 Å². The first kappa shape index (κ1) is 34.9. The Labute approximate surface area is 282 Å². The van der Waals surface area contributed by atoms with E-state index in [2.05, 4.69) is 95.2 Å². The van der Waals surface area contributed by atoms with Gasteiger partial charge in [0.1, 0.15) is 0 Å². The number of aryl methyl sites for hydroxylation is 2. The van der Waals surface area contributed by atoms with Crippen LogP contribution in [0.3, 0.4) is 0 Å². The van der Waals surface area contributed by atoms with Crippen molar-refractivity contribution in [3.05, 3.63) is 86.3 Å². The molecular weight excluding hydrogens is 584 g/mol. The molecule has 1 aliphatic heterocycles. The number of hydrogen-bond acceptors (Lipinski definition) is 6. The molecule has 0 bridgehead atoms. The van der Waals surface area contributed by atoms with E-state index in [1.54, 1.807) is 0 Å². The molecule has 1 aromatic heterocycles. The van der Waals surface area contributed by atoms with Crippen LogP contribution in [0.1, 0.15) is 77.3 Å². The fourth-order valence-corrected chi connectivity index (χ4v) is 7.60. The fourth-order valence-electron chi connectivity index (χ4n) is 7.60. The largest absolute Gasteiger partial charge is 0.369 e. The Bertz CT molecular complexity index is 1570. The zero-order valence-electron chi connectivity index (χ0n) is 29.8. The number of pyridine rings is 1. The summed E-state index contributed by atoms with van der Waals surface area (Å²) in [7, 11) is 6.58. The number of hydrogen-bond donors (Lipinski definition) is 2. The summed E-state index contributed by atoms with van der Waals surface area (Å²) in [5, 5.41) is 3.09. The smallest absolute Gasteiger partial charge is 0.253 e. The van der Waals surface area contributed by atoms with Crippen LogP contribution in [0.2, 0.25) is 0 Å². The molecule has 2 aliphatic rings. The SMILES string of the molecule is CCN(c1cc(-c2ccc(CN3CCCN(C)CC3)cc2)cc(C(=O)NCc2c(C)cc(C)[nH]c2=O)c1C)C1CCC(N(C)C)CC1. The first-order valence-corrected chi connectivity index (χ1v) is 17.6. The van der Waals surface area contributed by atoms with E-state index in [1.807, 2.05) is 26.0 Å². The highest BCUT2D eigenvalue weighted by molar-refractivity contribution is 5.99. The van der Waals surface area contributed by atoms with E-state index in [9.17, 15) is 9.59 Å². The molecule has 0 radical (unpaired) electrons. The van der Waals surface area contributed by atoms with Crippen LogP contribution in [0.25, 0.3) is 11.1 Å². The second-order valence-electron chi connectivity index (χ2n) is 14.1. The lowest BCUT2D eigenvalue weighted by Gasteiger charge is -2.40. The minimum Gasteiger partial charge on any atom is -0.369 e. The van der Waals surface area contributed by atoms with Crippen LogP contribution in [-0.4, -0.2) is 91.5 Å². The number of H-pyrrole nitrogens is 1. The molecule has 2 aromatic carbocycles. The van der Waals surface area contributed by atoms with E-state index < -0.39 is 0 Å². The van der Waals surface area contributed by atoms with Gasteiger partial charge in [-0.05, 0) is 140 Å². The number of benzene rings is 2. The molecule has 2 N–H and O–H groups in total. The van der Waals surface area contributed by atoms with Crippen molar-refractivity contribution in [2.24, 2.45) is 0 Å². The van der Waals surface area contributed by atoms with Crippen molar-refractivity contribution >= 4 is 11.6 Å². The molecule has 3 aromatic rings. The number of anilines is 1. The van der Waals surface area contributed by atoms with Crippen molar-refractivity contribution in [3.63, 3.8) is 0 Å². The highest BCUT2D eigenvalue weighted by atomic mass is 16.1. The van der Waals surface area contributed by atoms with Gasteiger partial charge in [-0.25, -0.2) is 0 Å². The highest BCUT2D eigenvalue weighted by Crippen LogP contribution is 2.36. The lowest BCUT2D eigenvalue weighted by Crippen LogP contribution is -2.42. The molecule has 0 unspecified atom stereocenters. The predicted octanol–water partition coefficient (Wildman–Crippen LogP) is 5.73. The predicted molar refractivity (Wildman–Crippen MR) is 194 cm³/mol. The molecule has 47 heavy (non-hydrogen) atoms. The van der Waals surface area contributed by atoms with Crippen molar-refractivity contribution in [2.75, 3.05) is 58.8 Å². The van der Waals surface area contributed by atoms with E-state index in [-0.39, 0.29) is 18.0 Å². The quantitative estimate of drug-likeness (QED) is 0.295. The minimum atomic E-state index is -0.153. The van der Waals surface area contributed by atoms with Crippen molar-refractivity contribution in [2.45, 2.75) is 85.0 Å². The first-order valence-electron chi connectivity index (χ1n) is 17.6. The summed E-state index contributed by atoms with van der Waals surface area (Å²) in [5.41, 5.74) is 8.40. The maximum atomic E-state index is 13.9. The molecule has 1 amide bonds. The normalized spacial score (nSPS) is 19.5. The van der Waals surface area contributed by atoms with Gasteiger partial charge in [0.15, 0.2) is 0 Å². The van der Waals surface area contributed by atoms with E-state index in [0.717, 1.165) is 85.7 Å². The van der Waals surface area contributed by atoms with Gasteiger partial charge in [0.2, 0.25) is 0 Å². The average Bonchev–Trinajstić information content (AvgIpc) is 3.25. The number of nitrogens with one attached hydrogen (secondary N) is 2. The molecule has 1 saturated carbocycles. The fraction of sp³-hybridized carbons (Fsp3) is 0.538. The summed E-state index contributed by atoms with van der Waals surface area (Å²) in [6.07, 6.45) is 5.84. The van der Waals surface area contributed by atoms with E-state index in [0.29, 0.717) is 23.2 Å². The highest BCUT2D eigenvalue weighted by Gasteiger charge is 2.28. The van der Waals surface area contributed by atoms with Crippen molar-refractivity contribution in [3.8, 4) is 11.1 Å². The molecule has 1 saturated heterocycles. The number of aromatic nitrogens is 1. The zero-order valence-corrected chi connectivity index (χ0v) is 29.8. The Morgan fingerprint density at radius 2 is 1.62 bits per heavy atom. The number of likely N-dealkylation sites (N-methyl/N-ethyl adjacent to an activating group) is 1. The molecule has 1 aliphatic carbocycles. The number of nitrogens with zero attached hydrogens (tertiary/aromatic N) is 4. The van der Waals surface area contributed by atoms with Crippen LogP contribution in [-0.2, 0) is 13.1 Å². The summed E-state index contributed by atoms with van der Waals surface area (Å²) < 4.78 is 0. The summed E-state index contributed by atoms with van der Waals surface area (Å²) in [6, 6.07) is 16.3. The van der Waals surface area contributed by atoms with Crippen molar-refractivity contribution in [1.82, 2.24) is 25.0 Å². The lowest BCUT2D eigenvalue weighted by atomic mass is 9.88. The van der Waals surface area contributed by atoms with Gasteiger partial charge in [-0.1, -0.05) is 24.3 Å². The molecule has 0 atom stereocenters. The van der Waals surface area contributed by atoms with Crippen LogP contribution in [0.5, 0.6) is 0 Å². The third-order valence-corrected chi connectivity index (χ3v) is 10.5. The van der Waals surface area contributed by atoms with Crippen LogP contribution in [0.4, 0.5) is 5.69 Å². The lowest BCUT2D eigenvalue weighted by molar-refractivity contribution is 0.0950. The number of aromatic amines is 1. The number of rotatable bonds is 10. The molecular formula is C39H56N6O2. The monoisotopic (exact) mass is 640 g/mol. The Hall–Kier alpha value is -3.46. The minimum absolute atomic E-state index is 0.147. The summed E-state index contributed by atoms with van der Waals surface area (Å²) >= 11 is 0. The second kappa shape index (κ2) is 15.6. The van der Waals surface area contributed by atoms with E-state index in [1.165, 1.54) is 24.8 Å². The van der Waals surface area contributed by atoms with Gasteiger partial charge >= 0.3 is 0 Å². The van der Waals surface area contributed by atoms with E-state index >= 15 is 0 Å². The third-order valence-electron chi connectivity index (χ3n) is 10.5. The van der Waals surface area contributed by atoms with Gasteiger partial charge < -0.3 is 25.0 Å². The standard InChI is InChI=1S/C39H56N6O2/c1-8-45(34-16-14-33(15-17-34)42(5)6)37-24-32(31-12-10-30(11-13-31)26-44-19-9-18-43(7)20-21-44)23-35(29(37)4)38(46)40-25-36-27(2)22-28(3)41-39(36)47/h10-13,22-24,33-34H,8-9,14-21,25-26H2,1-7H3,(H,40,46)(H,41,47). The zero-order chi connectivity index (χ0) is 33.7.